The number of unbranched alkanes of at least 4 members (excludes halogenated alkanes) is 2. The van der Waals surface area contributed by atoms with Crippen LogP contribution < -0.4 is 0 Å². The van der Waals surface area contributed by atoms with Gasteiger partial charge in [-0.05, 0) is 18.9 Å². The molecule has 0 bridgehead atoms. The van der Waals surface area contributed by atoms with Crippen LogP contribution in [0.25, 0.3) is 0 Å². The molecule has 0 aliphatic carbocycles. The Morgan fingerprint density at radius 1 is 1.14 bits per heavy atom. The van der Waals surface area contributed by atoms with Crippen molar-refractivity contribution < 1.29 is 9.59 Å². The Morgan fingerprint density at radius 3 is 2.52 bits per heavy atom. The smallest absolute Gasteiger partial charge is 0.245 e. The van der Waals surface area contributed by atoms with Gasteiger partial charge in [-0.15, -0.1) is 0 Å². The van der Waals surface area contributed by atoms with Crippen molar-refractivity contribution in [1.29, 1.82) is 0 Å². The van der Waals surface area contributed by atoms with E-state index in [1.54, 1.807) is 9.80 Å². The van der Waals surface area contributed by atoms with Gasteiger partial charge in [0.15, 0.2) is 0 Å². The molecule has 1 fully saturated rings. The summed E-state index contributed by atoms with van der Waals surface area (Å²) in [5, 5.41) is 0. The first kappa shape index (κ1) is 15.5. The number of benzene rings is 1. The van der Waals surface area contributed by atoms with Gasteiger partial charge in [0.25, 0.3) is 0 Å². The molecule has 0 N–H and O–H groups in total. The molecular formula is C17H24N2O2. The summed E-state index contributed by atoms with van der Waals surface area (Å²) in [6.07, 6.45) is 3.18. The van der Waals surface area contributed by atoms with Gasteiger partial charge in [-0.3, -0.25) is 9.59 Å². The number of nitrogens with zero attached hydrogens (tertiary/aromatic N) is 2. The van der Waals surface area contributed by atoms with Gasteiger partial charge >= 0.3 is 0 Å². The molecule has 4 heteroatoms. The third kappa shape index (κ3) is 3.84. The lowest BCUT2D eigenvalue weighted by molar-refractivity contribution is -0.155. The molecular weight excluding hydrogens is 264 g/mol. The zero-order valence-electron chi connectivity index (χ0n) is 12.9. The summed E-state index contributed by atoms with van der Waals surface area (Å²) < 4.78 is 0. The quantitative estimate of drug-likeness (QED) is 0.754. The molecule has 0 aromatic heterocycles. The fourth-order valence-electron chi connectivity index (χ4n) is 2.73. The number of piperazine rings is 1. The molecule has 1 aromatic rings. The molecule has 21 heavy (non-hydrogen) atoms. The van der Waals surface area contributed by atoms with Crippen LogP contribution in [0.4, 0.5) is 0 Å². The molecule has 1 aliphatic heterocycles. The minimum atomic E-state index is -0.341. The first-order chi connectivity index (χ1) is 10.1. The predicted molar refractivity (Wildman–Crippen MR) is 82.6 cm³/mol. The van der Waals surface area contributed by atoms with Gasteiger partial charge in [-0.2, -0.15) is 0 Å². The molecule has 0 spiro atoms. The van der Waals surface area contributed by atoms with Gasteiger partial charge in [0.05, 0.1) is 0 Å². The molecule has 1 saturated heterocycles. The lowest BCUT2D eigenvalue weighted by atomic mass is 10.1. The van der Waals surface area contributed by atoms with Gasteiger partial charge in [-0.25, -0.2) is 0 Å². The van der Waals surface area contributed by atoms with Crippen molar-refractivity contribution in [1.82, 2.24) is 9.80 Å². The van der Waals surface area contributed by atoms with Gasteiger partial charge in [-0.1, -0.05) is 50.1 Å². The van der Waals surface area contributed by atoms with Gasteiger partial charge in [0.2, 0.25) is 11.8 Å². The Bertz CT molecular complexity index is 487. The minimum Gasteiger partial charge on any atom is -0.329 e. The third-order valence-corrected chi connectivity index (χ3v) is 4.00. The van der Waals surface area contributed by atoms with E-state index in [1.807, 2.05) is 37.3 Å². The molecule has 2 rings (SSSR count). The van der Waals surface area contributed by atoms with Crippen molar-refractivity contribution >= 4 is 11.8 Å². The van der Waals surface area contributed by atoms with E-state index in [1.165, 1.54) is 0 Å². The van der Waals surface area contributed by atoms with Crippen LogP contribution >= 0.6 is 0 Å². The van der Waals surface area contributed by atoms with E-state index < -0.39 is 0 Å². The van der Waals surface area contributed by atoms with Crippen LogP contribution in [0.2, 0.25) is 0 Å². The lowest BCUT2D eigenvalue weighted by Gasteiger charge is -2.38. The minimum absolute atomic E-state index is 0.0509. The second kappa shape index (κ2) is 7.25. The highest BCUT2D eigenvalue weighted by Crippen LogP contribution is 2.16. The fourth-order valence-corrected chi connectivity index (χ4v) is 2.73. The van der Waals surface area contributed by atoms with E-state index in [4.69, 9.17) is 0 Å². The molecule has 0 saturated carbocycles. The Morgan fingerprint density at radius 2 is 1.86 bits per heavy atom. The van der Waals surface area contributed by atoms with Crippen LogP contribution in [-0.4, -0.2) is 40.7 Å². The normalized spacial score (nSPS) is 19.2. The topological polar surface area (TPSA) is 40.6 Å². The Kier molecular flexibility index (Phi) is 5.37. The maximum Gasteiger partial charge on any atom is 0.245 e. The summed E-state index contributed by atoms with van der Waals surface area (Å²) >= 11 is 0. The highest BCUT2D eigenvalue weighted by molar-refractivity contribution is 5.94. The third-order valence-electron chi connectivity index (χ3n) is 4.00. The zero-order valence-corrected chi connectivity index (χ0v) is 12.9. The van der Waals surface area contributed by atoms with E-state index in [9.17, 15) is 9.59 Å². The molecule has 0 radical (unpaired) electrons. The summed E-state index contributed by atoms with van der Waals surface area (Å²) in [7, 11) is 0. The summed E-state index contributed by atoms with van der Waals surface area (Å²) in [5.74, 6) is 0.115. The van der Waals surface area contributed by atoms with Crippen LogP contribution in [0, 0.1) is 0 Å². The molecule has 4 nitrogen and oxygen atoms in total. The fraction of sp³-hybridized carbons (Fsp3) is 0.529. The van der Waals surface area contributed by atoms with Crippen LogP contribution in [-0.2, 0) is 16.1 Å². The summed E-state index contributed by atoms with van der Waals surface area (Å²) in [4.78, 5) is 28.1. The lowest BCUT2D eigenvalue weighted by Crippen LogP contribution is -2.58. The number of carbonyl (C=O) groups excluding carboxylic acids is 2. The van der Waals surface area contributed by atoms with Crippen molar-refractivity contribution in [2.24, 2.45) is 0 Å². The average Bonchev–Trinajstić information content (AvgIpc) is 2.49. The standard InChI is InChI=1S/C17H24N2O2/c1-3-4-8-11-19-14(2)17(21)18(13-16(19)20)12-15-9-6-5-7-10-15/h5-7,9-10,14H,3-4,8,11-13H2,1-2H3/t14-/m0/s1. The maximum atomic E-state index is 12.5. The van der Waals surface area contributed by atoms with E-state index >= 15 is 0 Å². The second-order valence-electron chi connectivity index (χ2n) is 5.65. The predicted octanol–water partition coefficient (Wildman–Crippen LogP) is 2.44. The van der Waals surface area contributed by atoms with E-state index in [2.05, 4.69) is 6.92 Å². The number of hydrogen-bond donors (Lipinski definition) is 0. The Balaban J connectivity index is 1.99. The first-order valence-corrected chi connectivity index (χ1v) is 7.75. The molecule has 1 aliphatic rings. The maximum absolute atomic E-state index is 12.5. The molecule has 1 atom stereocenters. The molecule has 114 valence electrons. The molecule has 1 aromatic carbocycles. The first-order valence-electron chi connectivity index (χ1n) is 7.75. The highest BCUT2D eigenvalue weighted by Gasteiger charge is 2.35. The Hall–Kier alpha value is -1.84. The monoisotopic (exact) mass is 288 g/mol. The van der Waals surface area contributed by atoms with Gasteiger partial charge < -0.3 is 9.80 Å². The van der Waals surface area contributed by atoms with Crippen molar-refractivity contribution in [2.45, 2.75) is 45.7 Å². The van der Waals surface area contributed by atoms with Crippen molar-refractivity contribution in [2.75, 3.05) is 13.1 Å². The van der Waals surface area contributed by atoms with Crippen molar-refractivity contribution in [3.05, 3.63) is 35.9 Å². The summed E-state index contributed by atoms with van der Waals surface area (Å²) in [6.45, 7) is 5.37. The zero-order chi connectivity index (χ0) is 15.2. The Labute approximate surface area is 126 Å². The number of carbonyl (C=O) groups is 2. The summed E-state index contributed by atoms with van der Waals surface area (Å²) in [5.41, 5.74) is 1.06. The molecule has 2 amide bonds. The molecule has 1 heterocycles. The highest BCUT2D eigenvalue weighted by atomic mass is 16.2. The van der Waals surface area contributed by atoms with Crippen molar-refractivity contribution in [3.8, 4) is 0 Å². The van der Waals surface area contributed by atoms with Gasteiger partial charge in [0, 0.05) is 13.1 Å². The van der Waals surface area contributed by atoms with Gasteiger partial charge in [0.1, 0.15) is 12.6 Å². The van der Waals surface area contributed by atoms with E-state index in [-0.39, 0.29) is 24.4 Å². The van der Waals surface area contributed by atoms with Crippen LogP contribution in [0.3, 0.4) is 0 Å². The number of rotatable bonds is 6. The van der Waals surface area contributed by atoms with Crippen LogP contribution in [0.1, 0.15) is 38.7 Å². The van der Waals surface area contributed by atoms with Crippen molar-refractivity contribution in [3.63, 3.8) is 0 Å². The number of amides is 2. The largest absolute Gasteiger partial charge is 0.329 e. The average molecular weight is 288 g/mol. The molecule has 0 unspecified atom stereocenters. The van der Waals surface area contributed by atoms with E-state index in [0.717, 1.165) is 24.8 Å². The van der Waals surface area contributed by atoms with Crippen LogP contribution in [0.5, 0.6) is 0 Å². The van der Waals surface area contributed by atoms with Crippen LogP contribution in [0.15, 0.2) is 30.3 Å². The SMILES string of the molecule is CCCCCN1C(=O)CN(Cc2ccccc2)C(=O)[C@@H]1C. The summed E-state index contributed by atoms with van der Waals surface area (Å²) in [6, 6.07) is 9.47. The van der Waals surface area contributed by atoms with E-state index in [0.29, 0.717) is 13.1 Å². The second-order valence-corrected chi connectivity index (χ2v) is 5.65. The number of hydrogen-bond acceptors (Lipinski definition) is 2.